The number of carbonyl (C=O) groups excluding carboxylic acids is 3. The maximum Gasteiger partial charge on any atom is 0.326 e. The summed E-state index contributed by atoms with van der Waals surface area (Å²) in [7, 11) is 0. The van der Waals surface area contributed by atoms with Crippen LogP contribution in [0.1, 0.15) is 58.9 Å². The van der Waals surface area contributed by atoms with E-state index in [4.69, 9.17) is 5.73 Å². The molecule has 0 aliphatic carbocycles. The van der Waals surface area contributed by atoms with Gasteiger partial charge in [-0.2, -0.15) is 0 Å². The lowest BCUT2D eigenvalue weighted by Gasteiger charge is -2.31. The van der Waals surface area contributed by atoms with Crippen LogP contribution in [-0.2, 0) is 25.6 Å². The zero-order valence-electron chi connectivity index (χ0n) is 22.7. The zero-order chi connectivity index (χ0) is 28.0. The first-order valence-corrected chi connectivity index (χ1v) is 13.5. The number of aromatic amines is 1. The van der Waals surface area contributed by atoms with E-state index < -0.39 is 42.0 Å². The molecule has 1 aromatic carbocycles. The summed E-state index contributed by atoms with van der Waals surface area (Å²) in [5, 5.41) is 16.1. The van der Waals surface area contributed by atoms with Crippen molar-refractivity contribution in [1.82, 2.24) is 20.5 Å². The van der Waals surface area contributed by atoms with Gasteiger partial charge in [0.15, 0.2) is 0 Å². The summed E-state index contributed by atoms with van der Waals surface area (Å²) in [5.41, 5.74) is 7.95. The van der Waals surface area contributed by atoms with Gasteiger partial charge in [0.05, 0.1) is 6.04 Å². The number of carboxylic acids is 1. The van der Waals surface area contributed by atoms with Crippen LogP contribution in [0.2, 0.25) is 0 Å². The molecule has 0 bridgehead atoms. The number of para-hydroxylation sites is 1. The molecule has 6 N–H and O–H groups in total. The molecule has 38 heavy (non-hydrogen) atoms. The van der Waals surface area contributed by atoms with E-state index in [9.17, 15) is 24.3 Å². The highest BCUT2D eigenvalue weighted by Crippen LogP contribution is 2.23. The van der Waals surface area contributed by atoms with Crippen molar-refractivity contribution >= 4 is 34.6 Å². The fraction of sp³-hybridized carbons (Fsp3) is 0.571. The summed E-state index contributed by atoms with van der Waals surface area (Å²) >= 11 is 0. The molecular formula is C28H41N5O5. The molecule has 3 amide bonds. The van der Waals surface area contributed by atoms with E-state index in [1.165, 1.54) is 4.90 Å². The highest BCUT2D eigenvalue weighted by molar-refractivity contribution is 5.95. The quantitative estimate of drug-likeness (QED) is 0.285. The normalized spacial score (nSPS) is 19.4. The molecule has 1 aliphatic rings. The van der Waals surface area contributed by atoms with Crippen molar-refractivity contribution in [3.8, 4) is 0 Å². The number of benzene rings is 1. The van der Waals surface area contributed by atoms with Crippen LogP contribution >= 0.6 is 0 Å². The average molecular weight is 528 g/mol. The summed E-state index contributed by atoms with van der Waals surface area (Å²) in [6.07, 6.45) is 4.36. The second-order valence-corrected chi connectivity index (χ2v) is 10.4. The van der Waals surface area contributed by atoms with Gasteiger partial charge in [-0.15, -0.1) is 0 Å². The van der Waals surface area contributed by atoms with Crippen LogP contribution in [0.15, 0.2) is 30.5 Å². The number of hydrogen-bond donors (Lipinski definition) is 5. The number of nitrogens with zero attached hydrogens (tertiary/aromatic N) is 1. The molecule has 1 saturated heterocycles. The third-order valence-electron chi connectivity index (χ3n) is 7.89. The smallest absolute Gasteiger partial charge is 0.326 e. The summed E-state index contributed by atoms with van der Waals surface area (Å²) < 4.78 is 0. The average Bonchev–Trinajstić information content (AvgIpc) is 3.57. The van der Waals surface area contributed by atoms with Crippen molar-refractivity contribution in [2.45, 2.75) is 84.0 Å². The number of H-pyrrole nitrogens is 1. The van der Waals surface area contributed by atoms with Crippen LogP contribution in [0.5, 0.6) is 0 Å². The van der Waals surface area contributed by atoms with Gasteiger partial charge in [-0.05, 0) is 36.3 Å². The Morgan fingerprint density at radius 1 is 1.11 bits per heavy atom. The lowest BCUT2D eigenvalue weighted by Crippen LogP contribution is -2.58. The van der Waals surface area contributed by atoms with Gasteiger partial charge in [-0.25, -0.2) is 4.79 Å². The molecule has 1 fully saturated rings. The van der Waals surface area contributed by atoms with Crippen LogP contribution in [0.4, 0.5) is 0 Å². The minimum Gasteiger partial charge on any atom is -0.480 e. The van der Waals surface area contributed by atoms with Gasteiger partial charge >= 0.3 is 5.97 Å². The van der Waals surface area contributed by atoms with E-state index in [0.717, 1.165) is 16.5 Å². The van der Waals surface area contributed by atoms with Crippen molar-refractivity contribution in [1.29, 1.82) is 0 Å². The first-order chi connectivity index (χ1) is 18.1. The van der Waals surface area contributed by atoms with Crippen LogP contribution in [0.25, 0.3) is 10.9 Å². The second-order valence-electron chi connectivity index (χ2n) is 10.4. The van der Waals surface area contributed by atoms with Crippen molar-refractivity contribution in [3.05, 3.63) is 36.0 Å². The number of aliphatic carboxylic acids is 1. The summed E-state index contributed by atoms with van der Waals surface area (Å²) in [6, 6.07) is 4.14. The fourth-order valence-electron chi connectivity index (χ4n) is 4.94. The molecule has 3 rings (SSSR count). The predicted octanol–water partition coefficient (Wildman–Crippen LogP) is 2.18. The zero-order valence-corrected chi connectivity index (χ0v) is 22.7. The Kier molecular flexibility index (Phi) is 9.90. The van der Waals surface area contributed by atoms with Crippen LogP contribution < -0.4 is 16.4 Å². The van der Waals surface area contributed by atoms with Gasteiger partial charge in [0.2, 0.25) is 17.7 Å². The number of rotatable bonds is 12. The predicted molar refractivity (Wildman–Crippen MR) is 145 cm³/mol. The SMILES string of the molecule is CCC(C)C(N)C(=O)NC(Cc1c[nH]c2ccccc12)C(=O)N1CCCC1C(=O)NC(C(=O)O)C(C)CC. The molecule has 0 spiro atoms. The largest absolute Gasteiger partial charge is 0.480 e. The Morgan fingerprint density at radius 3 is 2.45 bits per heavy atom. The van der Waals surface area contributed by atoms with E-state index in [0.29, 0.717) is 32.2 Å². The fourth-order valence-corrected chi connectivity index (χ4v) is 4.94. The van der Waals surface area contributed by atoms with E-state index in [1.807, 2.05) is 51.2 Å². The Hall–Kier alpha value is -3.40. The Balaban J connectivity index is 1.85. The molecule has 10 heteroatoms. The maximum absolute atomic E-state index is 13.9. The van der Waals surface area contributed by atoms with Crippen LogP contribution in [-0.4, -0.2) is 69.4 Å². The number of fused-ring (bicyclic) bond motifs is 1. The minimum absolute atomic E-state index is 0.0716. The molecule has 208 valence electrons. The van der Waals surface area contributed by atoms with E-state index >= 15 is 0 Å². The maximum atomic E-state index is 13.9. The third kappa shape index (κ3) is 6.53. The Morgan fingerprint density at radius 2 is 1.79 bits per heavy atom. The number of amides is 3. The Labute approximate surface area is 223 Å². The molecular weight excluding hydrogens is 486 g/mol. The molecule has 6 atom stereocenters. The first kappa shape index (κ1) is 29.2. The number of carbonyl (C=O) groups is 4. The number of nitrogens with two attached hydrogens (primary N) is 1. The molecule has 0 radical (unpaired) electrons. The van der Waals surface area contributed by atoms with Crippen molar-refractivity contribution in [2.24, 2.45) is 17.6 Å². The van der Waals surface area contributed by atoms with Gasteiger partial charge in [0.1, 0.15) is 18.1 Å². The molecule has 2 heterocycles. The van der Waals surface area contributed by atoms with E-state index in [1.54, 1.807) is 6.92 Å². The first-order valence-electron chi connectivity index (χ1n) is 13.5. The Bertz CT molecular complexity index is 1150. The highest BCUT2D eigenvalue weighted by atomic mass is 16.4. The molecule has 1 aliphatic heterocycles. The minimum atomic E-state index is -1.10. The van der Waals surface area contributed by atoms with Gasteiger partial charge in [0, 0.05) is 30.1 Å². The number of hydrogen-bond acceptors (Lipinski definition) is 5. The second kappa shape index (κ2) is 12.9. The summed E-state index contributed by atoms with van der Waals surface area (Å²) in [5.74, 6) is -2.73. The monoisotopic (exact) mass is 527 g/mol. The number of nitrogens with one attached hydrogen (secondary N) is 3. The molecule has 0 saturated carbocycles. The van der Waals surface area contributed by atoms with Gasteiger partial charge in [-0.3, -0.25) is 14.4 Å². The van der Waals surface area contributed by atoms with Gasteiger partial charge in [-0.1, -0.05) is 58.7 Å². The third-order valence-corrected chi connectivity index (χ3v) is 7.89. The standard InChI is InChI=1S/C28H41N5O5/c1-5-16(3)23(29)26(35)31-21(14-18-15-30-20-11-8-7-10-19(18)20)27(36)33-13-9-12-22(33)25(34)32-24(28(37)38)17(4)6-2/h7-8,10-11,15-17,21-24,30H,5-6,9,12-14,29H2,1-4H3,(H,31,35)(H,32,34)(H,37,38). The van der Waals surface area contributed by atoms with Gasteiger partial charge < -0.3 is 31.4 Å². The van der Waals surface area contributed by atoms with Crippen molar-refractivity contribution in [2.75, 3.05) is 6.54 Å². The van der Waals surface area contributed by atoms with Crippen LogP contribution in [0, 0.1) is 11.8 Å². The molecule has 2 aromatic rings. The van der Waals surface area contributed by atoms with Crippen LogP contribution in [0.3, 0.4) is 0 Å². The molecule has 10 nitrogen and oxygen atoms in total. The molecule has 6 unspecified atom stereocenters. The van der Waals surface area contributed by atoms with E-state index in [2.05, 4.69) is 15.6 Å². The number of carboxylic acid groups (broad SMARTS) is 1. The van der Waals surface area contributed by atoms with Crippen molar-refractivity contribution < 1.29 is 24.3 Å². The summed E-state index contributed by atoms with van der Waals surface area (Å²) in [4.78, 5) is 56.6. The molecule has 1 aromatic heterocycles. The lowest BCUT2D eigenvalue weighted by molar-refractivity contribution is -0.146. The number of aromatic nitrogens is 1. The van der Waals surface area contributed by atoms with E-state index in [-0.39, 0.29) is 24.2 Å². The lowest BCUT2D eigenvalue weighted by atomic mass is 9.97. The van der Waals surface area contributed by atoms with Gasteiger partial charge in [0.25, 0.3) is 0 Å². The topological polar surface area (TPSA) is 158 Å². The van der Waals surface area contributed by atoms with Crippen molar-refractivity contribution in [3.63, 3.8) is 0 Å². The number of likely N-dealkylation sites (tertiary alicyclic amines) is 1. The highest BCUT2D eigenvalue weighted by Gasteiger charge is 2.40. The summed E-state index contributed by atoms with van der Waals surface area (Å²) in [6.45, 7) is 7.81.